The molecule has 2 heterocycles. The van der Waals surface area contributed by atoms with Crippen molar-refractivity contribution in [2.45, 2.75) is 0 Å². The lowest BCUT2D eigenvalue weighted by Gasteiger charge is -2.26. The summed E-state index contributed by atoms with van der Waals surface area (Å²) in [5, 5.41) is 11.1. The zero-order valence-corrected chi connectivity index (χ0v) is 26.8. The maximum Gasteiger partial charge on any atom is 0.0815 e. The lowest BCUT2D eigenvalue weighted by atomic mass is 9.94. The molecule has 224 valence electrons. The van der Waals surface area contributed by atoms with Crippen molar-refractivity contribution in [3.8, 4) is 11.3 Å². The molecule has 0 saturated carbocycles. The number of benzene rings is 8. The van der Waals surface area contributed by atoms with E-state index in [1.807, 2.05) is 11.3 Å². The highest BCUT2D eigenvalue weighted by molar-refractivity contribution is 7.27. The Labute approximate surface area is 281 Å². The van der Waals surface area contributed by atoms with Crippen LogP contribution in [0.5, 0.6) is 0 Å². The number of pyridine rings is 1. The predicted octanol–water partition coefficient (Wildman–Crippen LogP) is 13.2. The fraction of sp³-hybridized carbons (Fsp3) is 0. The lowest BCUT2D eigenvalue weighted by molar-refractivity contribution is 1.29. The third-order valence-corrected chi connectivity index (χ3v) is 10.8. The van der Waals surface area contributed by atoms with Crippen LogP contribution in [0.4, 0.5) is 17.1 Å². The Morgan fingerprint density at radius 2 is 1.00 bits per heavy atom. The second-order valence-corrected chi connectivity index (χ2v) is 13.4. The Kier molecular flexibility index (Phi) is 6.08. The molecule has 2 nitrogen and oxygen atoms in total. The molecule has 10 rings (SSSR count). The summed E-state index contributed by atoms with van der Waals surface area (Å²) < 4.78 is 2.60. The van der Waals surface area contributed by atoms with E-state index in [1.54, 1.807) is 0 Å². The summed E-state index contributed by atoms with van der Waals surface area (Å²) in [7, 11) is 0. The average Bonchev–Trinajstić information content (AvgIpc) is 3.56. The molecule has 0 radical (unpaired) electrons. The molecule has 0 unspecified atom stereocenters. The molecule has 0 bridgehead atoms. The monoisotopic (exact) mass is 628 g/mol. The summed E-state index contributed by atoms with van der Waals surface area (Å²) in [4.78, 5) is 7.92. The quantitative estimate of drug-likeness (QED) is 0.180. The summed E-state index contributed by atoms with van der Waals surface area (Å²) in [5.41, 5.74) is 6.52. The van der Waals surface area contributed by atoms with Crippen LogP contribution in [-0.4, -0.2) is 4.98 Å². The van der Waals surface area contributed by atoms with E-state index in [0.717, 1.165) is 39.2 Å². The van der Waals surface area contributed by atoms with Crippen LogP contribution in [0.15, 0.2) is 170 Å². The van der Waals surface area contributed by atoms with Gasteiger partial charge in [-0.2, -0.15) is 0 Å². The van der Waals surface area contributed by atoms with Crippen LogP contribution in [-0.2, 0) is 0 Å². The first kappa shape index (κ1) is 27.1. The largest absolute Gasteiger partial charge is 0.310 e. The molecule has 2 aromatic heterocycles. The Morgan fingerprint density at radius 3 is 1.79 bits per heavy atom. The molecule has 0 amide bonds. The maximum absolute atomic E-state index is 5.59. The number of fused-ring (bicyclic) bond motifs is 11. The highest BCUT2D eigenvalue weighted by atomic mass is 32.1. The molecule has 0 aliphatic carbocycles. The number of aromatic nitrogens is 1. The van der Waals surface area contributed by atoms with Gasteiger partial charge in [-0.15, -0.1) is 11.3 Å². The van der Waals surface area contributed by atoms with Crippen LogP contribution in [0.1, 0.15) is 0 Å². The van der Waals surface area contributed by atoms with Crippen molar-refractivity contribution in [1.29, 1.82) is 0 Å². The summed E-state index contributed by atoms with van der Waals surface area (Å²) >= 11 is 1.87. The van der Waals surface area contributed by atoms with E-state index in [1.165, 1.54) is 52.5 Å². The molecule has 0 N–H and O–H groups in total. The van der Waals surface area contributed by atoms with Gasteiger partial charge < -0.3 is 4.90 Å². The van der Waals surface area contributed by atoms with E-state index in [-0.39, 0.29) is 0 Å². The molecular formula is C45H28N2S. The van der Waals surface area contributed by atoms with Crippen LogP contribution < -0.4 is 4.90 Å². The summed E-state index contributed by atoms with van der Waals surface area (Å²) in [6, 6.07) is 61.1. The Bertz CT molecular complexity index is 2830. The second kappa shape index (κ2) is 10.8. The van der Waals surface area contributed by atoms with Gasteiger partial charge in [0.2, 0.25) is 0 Å². The van der Waals surface area contributed by atoms with Gasteiger partial charge in [0.15, 0.2) is 0 Å². The molecule has 0 spiro atoms. The minimum absolute atomic E-state index is 1.01. The summed E-state index contributed by atoms with van der Waals surface area (Å²) in [6.07, 6.45) is 0. The van der Waals surface area contributed by atoms with Crippen molar-refractivity contribution >= 4 is 91.8 Å². The van der Waals surface area contributed by atoms with Crippen LogP contribution in [0.3, 0.4) is 0 Å². The number of thiophene rings is 1. The summed E-state index contributed by atoms with van der Waals surface area (Å²) in [5.74, 6) is 0. The number of nitrogens with zero attached hydrogens (tertiary/aromatic N) is 2. The standard InChI is InChI=1S/C45H28N2S/c1-2-14-32(15-3-1)47(34-27-22-29-12-4-5-13-31(29)28-34)33-25-23-30(24-26-33)43-37-18-8-6-16-35(37)41-36-17-7-9-19-38(36)45-42(44(41)46-43)39-20-10-11-21-40(39)48-45/h1-28H. The van der Waals surface area contributed by atoms with Gasteiger partial charge in [0.05, 0.1) is 11.2 Å². The van der Waals surface area contributed by atoms with Crippen molar-refractivity contribution < 1.29 is 0 Å². The predicted molar refractivity (Wildman–Crippen MR) is 207 cm³/mol. The molecule has 48 heavy (non-hydrogen) atoms. The molecule has 10 aromatic rings. The van der Waals surface area contributed by atoms with E-state index in [2.05, 4.69) is 175 Å². The second-order valence-electron chi connectivity index (χ2n) is 12.3. The number of para-hydroxylation sites is 1. The Morgan fingerprint density at radius 1 is 0.417 bits per heavy atom. The molecule has 0 aliphatic rings. The average molecular weight is 629 g/mol. The molecule has 3 heteroatoms. The van der Waals surface area contributed by atoms with Crippen molar-refractivity contribution in [2.24, 2.45) is 0 Å². The highest BCUT2D eigenvalue weighted by Gasteiger charge is 2.20. The van der Waals surface area contributed by atoms with Gasteiger partial charge in [-0.05, 0) is 64.0 Å². The molecule has 0 fully saturated rings. The fourth-order valence-electron chi connectivity index (χ4n) is 7.41. The Balaban J connectivity index is 1.21. The third-order valence-electron chi connectivity index (χ3n) is 9.59. The van der Waals surface area contributed by atoms with Crippen LogP contribution in [0.25, 0.3) is 74.6 Å². The first-order chi connectivity index (χ1) is 23.8. The van der Waals surface area contributed by atoms with E-state index >= 15 is 0 Å². The van der Waals surface area contributed by atoms with Crippen molar-refractivity contribution in [2.75, 3.05) is 4.90 Å². The highest BCUT2D eigenvalue weighted by Crippen LogP contribution is 2.46. The fourth-order valence-corrected chi connectivity index (χ4v) is 8.66. The smallest absolute Gasteiger partial charge is 0.0815 e. The summed E-state index contributed by atoms with van der Waals surface area (Å²) in [6.45, 7) is 0. The normalized spacial score (nSPS) is 11.8. The minimum Gasteiger partial charge on any atom is -0.310 e. The SMILES string of the molecule is c1ccc(N(c2ccc(-c3nc4c(c5ccccc35)c3ccccc3c3sc5ccccc5c43)cc2)c2ccc3ccccc3c2)cc1. The topological polar surface area (TPSA) is 16.1 Å². The van der Waals surface area contributed by atoms with E-state index in [0.29, 0.717) is 0 Å². The number of hydrogen-bond acceptors (Lipinski definition) is 3. The van der Waals surface area contributed by atoms with E-state index in [4.69, 9.17) is 4.98 Å². The minimum atomic E-state index is 1.01. The first-order valence-corrected chi connectivity index (χ1v) is 17.1. The lowest BCUT2D eigenvalue weighted by Crippen LogP contribution is -2.09. The number of rotatable bonds is 4. The zero-order chi connectivity index (χ0) is 31.6. The van der Waals surface area contributed by atoms with Gasteiger partial charge in [0.25, 0.3) is 0 Å². The van der Waals surface area contributed by atoms with Crippen LogP contribution in [0.2, 0.25) is 0 Å². The van der Waals surface area contributed by atoms with E-state index in [9.17, 15) is 0 Å². The zero-order valence-electron chi connectivity index (χ0n) is 26.0. The van der Waals surface area contributed by atoms with Gasteiger partial charge >= 0.3 is 0 Å². The maximum atomic E-state index is 5.59. The van der Waals surface area contributed by atoms with Gasteiger partial charge in [0.1, 0.15) is 0 Å². The van der Waals surface area contributed by atoms with Crippen molar-refractivity contribution in [1.82, 2.24) is 4.98 Å². The van der Waals surface area contributed by atoms with Gasteiger partial charge in [0, 0.05) is 59.0 Å². The first-order valence-electron chi connectivity index (χ1n) is 16.3. The van der Waals surface area contributed by atoms with E-state index < -0.39 is 0 Å². The van der Waals surface area contributed by atoms with Gasteiger partial charge in [-0.1, -0.05) is 127 Å². The number of hydrogen-bond donors (Lipinski definition) is 0. The Hall–Kier alpha value is -6.03. The van der Waals surface area contributed by atoms with Crippen LogP contribution >= 0.6 is 11.3 Å². The molecule has 0 aliphatic heterocycles. The molecular weight excluding hydrogens is 601 g/mol. The number of anilines is 3. The van der Waals surface area contributed by atoms with Crippen molar-refractivity contribution in [3.05, 3.63) is 170 Å². The van der Waals surface area contributed by atoms with Crippen molar-refractivity contribution in [3.63, 3.8) is 0 Å². The molecule has 8 aromatic carbocycles. The molecule has 0 atom stereocenters. The van der Waals surface area contributed by atoms with Gasteiger partial charge in [-0.3, -0.25) is 0 Å². The third kappa shape index (κ3) is 4.15. The molecule has 0 saturated heterocycles. The van der Waals surface area contributed by atoms with Gasteiger partial charge in [-0.25, -0.2) is 4.98 Å². The van der Waals surface area contributed by atoms with Crippen LogP contribution in [0, 0.1) is 0 Å².